The van der Waals surface area contributed by atoms with Gasteiger partial charge >= 0.3 is 0 Å². The summed E-state index contributed by atoms with van der Waals surface area (Å²) in [5.74, 6) is 3.58. The molecular weight excluding hydrogens is 384 g/mol. The third-order valence-electron chi connectivity index (χ3n) is 5.75. The number of anilines is 1. The fourth-order valence-electron chi connectivity index (χ4n) is 3.98. The Morgan fingerprint density at radius 3 is 2.83 bits per heavy atom. The minimum Gasteiger partial charge on any atom is -0.493 e. The van der Waals surface area contributed by atoms with Crippen LogP contribution in [0.3, 0.4) is 0 Å². The summed E-state index contributed by atoms with van der Waals surface area (Å²) in [6, 6.07) is 8.19. The van der Waals surface area contributed by atoms with E-state index in [0.29, 0.717) is 6.61 Å². The lowest BCUT2D eigenvalue weighted by atomic mass is 10.00. The Labute approximate surface area is 178 Å². The van der Waals surface area contributed by atoms with Crippen LogP contribution in [0.2, 0.25) is 0 Å². The fourth-order valence-corrected chi connectivity index (χ4v) is 4.74. The highest BCUT2D eigenvalue weighted by molar-refractivity contribution is 7.99. The maximum absolute atomic E-state index is 5.91. The number of aromatic nitrogens is 3. The van der Waals surface area contributed by atoms with Gasteiger partial charge in [-0.05, 0) is 56.2 Å². The van der Waals surface area contributed by atoms with Crippen molar-refractivity contribution in [1.82, 2.24) is 14.8 Å². The van der Waals surface area contributed by atoms with Gasteiger partial charge in [-0.15, -0.1) is 10.2 Å². The van der Waals surface area contributed by atoms with Crippen LogP contribution >= 0.6 is 11.8 Å². The van der Waals surface area contributed by atoms with E-state index in [1.165, 1.54) is 18.4 Å². The van der Waals surface area contributed by atoms with Gasteiger partial charge in [0.05, 0.1) is 19.3 Å². The Kier molecular flexibility index (Phi) is 6.98. The second kappa shape index (κ2) is 9.85. The van der Waals surface area contributed by atoms with E-state index in [4.69, 9.17) is 9.47 Å². The SMILES string of the molecule is Cc1cccc(OCCSc2nnc(N3CCC(C)CC3)n2CC2CCCO2)c1. The predicted octanol–water partition coefficient (Wildman–Crippen LogP) is 4.17. The number of ether oxygens (including phenoxy) is 2. The molecule has 6 nitrogen and oxygen atoms in total. The van der Waals surface area contributed by atoms with Gasteiger partial charge in [-0.25, -0.2) is 0 Å². The zero-order valence-corrected chi connectivity index (χ0v) is 18.4. The van der Waals surface area contributed by atoms with Crippen molar-refractivity contribution in [2.75, 3.05) is 37.0 Å². The molecule has 0 saturated carbocycles. The van der Waals surface area contributed by atoms with E-state index in [9.17, 15) is 0 Å². The molecule has 0 radical (unpaired) electrons. The van der Waals surface area contributed by atoms with Crippen LogP contribution in [0.15, 0.2) is 29.4 Å². The van der Waals surface area contributed by atoms with Crippen LogP contribution < -0.4 is 9.64 Å². The number of thioether (sulfide) groups is 1. The van der Waals surface area contributed by atoms with Crippen LogP contribution in [-0.2, 0) is 11.3 Å². The van der Waals surface area contributed by atoms with Crippen LogP contribution in [-0.4, -0.2) is 52.9 Å². The molecule has 1 aromatic heterocycles. The molecule has 7 heteroatoms. The lowest BCUT2D eigenvalue weighted by Crippen LogP contribution is -2.35. The minimum absolute atomic E-state index is 0.274. The molecule has 2 aliphatic heterocycles. The Bertz CT molecular complexity index is 783. The van der Waals surface area contributed by atoms with E-state index >= 15 is 0 Å². The maximum atomic E-state index is 5.91. The molecule has 2 aliphatic rings. The third-order valence-corrected chi connectivity index (χ3v) is 6.68. The Morgan fingerprint density at radius 1 is 1.21 bits per heavy atom. The summed E-state index contributed by atoms with van der Waals surface area (Å²) in [5.41, 5.74) is 1.21. The van der Waals surface area contributed by atoms with Gasteiger partial charge in [-0.3, -0.25) is 4.57 Å². The summed E-state index contributed by atoms with van der Waals surface area (Å²) in [5, 5.41) is 10.1. The lowest BCUT2D eigenvalue weighted by molar-refractivity contribution is 0.0951. The highest BCUT2D eigenvalue weighted by Crippen LogP contribution is 2.28. The molecule has 2 aromatic rings. The van der Waals surface area contributed by atoms with Crippen molar-refractivity contribution in [1.29, 1.82) is 0 Å². The second-order valence-electron chi connectivity index (χ2n) is 8.21. The van der Waals surface area contributed by atoms with Crippen molar-refractivity contribution < 1.29 is 9.47 Å². The summed E-state index contributed by atoms with van der Waals surface area (Å²) < 4.78 is 14.1. The first kappa shape index (κ1) is 20.5. The molecule has 4 rings (SSSR count). The maximum Gasteiger partial charge on any atom is 0.228 e. The summed E-state index contributed by atoms with van der Waals surface area (Å²) >= 11 is 1.72. The number of benzene rings is 1. The van der Waals surface area contributed by atoms with E-state index in [1.807, 2.05) is 12.1 Å². The summed E-state index contributed by atoms with van der Waals surface area (Å²) in [7, 11) is 0. The monoisotopic (exact) mass is 416 g/mol. The molecule has 0 aliphatic carbocycles. The quantitative estimate of drug-likeness (QED) is 0.475. The van der Waals surface area contributed by atoms with Crippen LogP contribution in [0.5, 0.6) is 5.75 Å². The van der Waals surface area contributed by atoms with E-state index in [2.05, 4.69) is 45.6 Å². The molecular formula is C22H32N4O2S. The largest absolute Gasteiger partial charge is 0.493 e. The van der Waals surface area contributed by atoms with Gasteiger partial charge in [0.25, 0.3) is 0 Å². The first-order valence-corrected chi connectivity index (χ1v) is 11.8. The van der Waals surface area contributed by atoms with Crippen LogP contribution in [0.1, 0.15) is 38.2 Å². The molecule has 0 amide bonds. The number of nitrogens with zero attached hydrogens (tertiary/aromatic N) is 4. The zero-order valence-electron chi connectivity index (χ0n) is 17.5. The van der Waals surface area contributed by atoms with Gasteiger partial charge in [0.15, 0.2) is 5.16 Å². The Hall–Kier alpha value is -1.73. The van der Waals surface area contributed by atoms with Gasteiger partial charge in [-0.2, -0.15) is 0 Å². The number of hydrogen-bond donors (Lipinski definition) is 0. The number of rotatable bonds is 8. The molecule has 0 bridgehead atoms. The van der Waals surface area contributed by atoms with E-state index in [0.717, 1.165) is 67.6 Å². The molecule has 1 aromatic carbocycles. The molecule has 1 atom stereocenters. The first-order chi connectivity index (χ1) is 14.2. The molecule has 0 spiro atoms. The van der Waals surface area contributed by atoms with Crippen molar-refractivity contribution in [3.63, 3.8) is 0 Å². The van der Waals surface area contributed by atoms with Gasteiger partial charge in [0, 0.05) is 25.4 Å². The van der Waals surface area contributed by atoms with Crippen LogP contribution in [0, 0.1) is 12.8 Å². The topological polar surface area (TPSA) is 52.4 Å². The Morgan fingerprint density at radius 2 is 2.07 bits per heavy atom. The van der Waals surface area contributed by atoms with Crippen LogP contribution in [0.4, 0.5) is 5.95 Å². The summed E-state index contributed by atoms with van der Waals surface area (Å²) in [4.78, 5) is 2.40. The van der Waals surface area contributed by atoms with E-state index in [-0.39, 0.29) is 6.10 Å². The molecule has 2 fully saturated rings. The Balaban J connectivity index is 1.39. The van der Waals surface area contributed by atoms with Gasteiger partial charge in [-0.1, -0.05) is 30.8 Å². The van der Waals surface area contributed by atoms with E-state index < -0.39 is 0 Å². The zero-order chi connectivity index (χ0) is 20.1. The molecule has 1 unspecified atom stereocenters. The molecule has 0 N–H and O–H groups in total. The second-order valence-corrected chi connectivity index (χ2v) is 9.27. The van der Waals surface area contributed by atoms with Crippen LogP contribution in [0.25, 0.3) is 0 Å². The molecule has 2 saturated heterocycles. The molecule has 29 heavy (non-hydrogen) atoms. The fraction of sp³-hybridized carbons (Fsp3) is 0.636. The number of hydrogen-bond acceptors (Lipinski definition) is 6. The smallest absolute Gasteiger partial charge is 0.228 e. The minimum atomic E-state index is 0.274. The average Bonchev–Trinajstić information content (AvgIpc) is 3.37. The highest BCUT2D eigenvalue weighted by atomic mass is 32.2. The first-order valence-electron chi connectivity index (χ1n) is 10.8. The third kappa shape index (κ3) is 5.45. The molecule has 158 valence electrons. The van der Waals surface area contributed by atoms with Gasteiger partial charge in [0.2, 0.25) is 5.95 Å². The summed E-state index contributed by atoms with van der Waals surface area (Å²) in [6.07, 6.45) is 4.99. The normalized spacial score (nSPS) is 20.3. The standard InChI is InChI=1S/C22H32N4O2S/c1-17-8-10-25(11-9-17)21-23-24-22(26(21)16-20-7-4-12-27-20)29-14-13-28-19-6-3-5-18(2)15-19/h3,5-6,15,17,20H,4,7-14,16H2,1-2H3. The summed E-state index contributed by atoms with van der Waals surface area (Å²) in [6.45, 7) is 8.91. The van der Waals surface area contributed by atoms with Crippen molar-refractivity contribution in [3.8, 4) is 5.75 Å². The van der Waals surface area contributed by atoms with Gasteiger partial charge in [0.1, 0.15) is 5.75 Å². The lowest BCUT2D eigenvalue weighted by Gasteiger charge is -2.31. The predicted molar refractivity (Wildman–Crippen MR) is 117 cm³/mol. The van der Waals surface area contributed by atoms with Crippen molar-refractivity contribution >= 4 is 17.7 Å². The van der Waals surface area contributed by atoms with Crippen molar-refractivity contribution in [3.05, 3.63) is 29.8 Å². The average molecular weight is 417 g/mol. The van der Waals surface area contributed by atoms with Crippen molar-refractivity contribution in [2.45, 2.75) is 57.3 Å². The number of piperidine rings is 1. The highest BCUT2D eigenvalue weighted by Gasteiger charge is 2.25. The molecule has 3 heterocycles. The number of aryl methyl sites for hydroxylation is 1. The van der Waals surface area contributed by atoms with Gasteiger partial charge < -0.3 is 14.4 Å². The van der Waals surface area contributed by atoms with Crippen molar-refractivity contribution in [2.24, 2.45) is 5.92 Å². The van der Waals surface area contributed by atoms with E-state index in [1.54, 1.807) is 11.8 Å².